The lowest BCUT2D eigenvalue weighted by atomic mass is 10.2. The van der Waals surface area contributed by atoms with E-state index in [1.165, 1.54) is 10.8 Å². The monoisotopic (exact) mass is 368 g/mol. The van der Waals surface area contributed by atoms with Gasteiger partial charge in [0.05, 0.1) is 10.6 Å². The molecule has 110 valence electrons. The summed E-state index contributed by atoms with van der Waals surface area (Å²) in [5.41, 5.74) is 4.87. The fourth-order valence-corrected chi connectivity index (χ4v) is 2.42. The van der Waals surface area contributed by atoms with Crippen LogP contribution in [0.2, 0.25) is 0 Å². The number of nitrogens with zero attached hydrogens (tertiary/aromatic N) is 2. The smallest absolute Gasteiger partial charge is 0.390 e. The molecule has 0 saturated carbocycles. The van der Waals surface area contributed by atoms with E-state index in [9.17, 15) is 14.5 Å². The van der Waals surface area contributed by atoms with Crippen molar-refractivity contribution in [2.45, 2.75) is 24.9 Å². The fourth-order valence-electron chi connectivity index (χ4n) is 1.84. The van der Waals surface area contributed by atoms with Crippen LogP contribution < -0.4 is 11.4 Å². The SMILES string of the molecule is Nc1nc(=O)n([C@H]2C[C@H](O)[C@@H](CO[P+](=O)O)O2)cc1Br. The van der Waals surface area contributed by atoms with E-state index in [0.29, 0.717) is 4.47 Å². The Morgan fingerprint density at radius 2 is 2.40 bits per heavy atom. The molecular weight excluding hydrogens is 357 g/mol. The van der Waals surface area contributed by atoms with Gasteiger partial charge >= 0.3 is 13.9 Å². The molecular formula is C9H12BrN3O6P+. The Labute approximate surface area is 122 Å². The average molecular weight is 369 g/mol. The van der Waals surface area contributed by atoms with Crippen LogP contribution in [-0.2, 0) is 13.8 Å². The summed E-state index contributed by atoms with van der Waals surface area (Å²) < 4.78 is 22.0. The van der Waals surface area contributed by atoms with E-state index in [1.54, 1.807) is 0 Å². The van der Waals surface area contributed by atoms with Gasteiger partial charge in [0.1, 0.15) is 24.8 Å². The Hall–Kier alpha value is -0.900. The molecule has 1 saturated heterocycles. The summed E-state index contributed by atoms with van der Waals surface area (Å²) >= 11 is 3.15. The normalized spacial score (nSPS) is 26.8. The molecule has 0 aliphatic carbocycles. The van der Waals surface area contributed by atoms with Crippen molar-refractivity contribution in [3.63, 3.8) is 0 Å². The number of hydrogen-bond donors (Lipinski definition) is 3. The third kappa shape index (κ3) is 3.40. The second kappa shape index (κ2) is 6.25. The number of hydrogen-bond acceptors (Lipinski definition) is 7. The Balaban J connectivity index is 2.14. The number of rotatable bonds is 4. The molecule has 9 nitrogen and oxygen atoms in total. The van der Waals surface area contributed by atoms with E-state index in [2.05, 4.69) is 25.4 Å². The molecule has 0 radical (unpaired) electrons. The molecule has 1 aromatic rings. The van der Waals surface area contributed by atoms with Gasteiger partial charge < -0.3 is 15.6 Å². The minimum atomic E-state index is -2.77. The molecule has 1 aromatic heterocycles. The lowest BCUT2D eigenvalue weighted by Gasteiger charge is -2.14. The minimum absolute atomic E-state index is 0.0574. The summed E-state index contributed by atoms with van der Waals surface area (Å²) in [6.07, 6.45) is -0.911. The molecule has 2 rings (SSSR count). The van der Waals surface area contributed by atoms with Crippen LogP contribution in [0.15, 0.2) is 15.5 Å². The Bertz CT molecular complexity index is 581. The van der Waals surface area contributed by atoms with Crippen molar-refractivity contribution in [1.29, 1.82) is 0 Å². The van der Waals surface area contributed by atoms with Crippen molar-refractivity contribution >= 4 is 30.0 Å². The zero-order valence-electron chi connectivity index (χ0n) is 10.0. The lowest BCUT2D eigenvalue weighted by Crippen LogP contribution is -2.28. The van der Waals surface area contributed by atoms with Gasteiger partial charge in [-0.05, 0) is 15.9 Å². The van der Waals surface area contributed by atoms with Gasteiger partial charge in [-0.15, -0.1) is 9.42 Å². The molecule has 2 heterocycles. The van der Waals surface area contributed by atoms with Crippen molar-refractivity contribution in [3.05, 3.63) is 21.2 Å². The third-order valence-electron chi connectivity index (χ3n) is 2.80. The van der Waals surface area contributed by atoms with Gasteiger partial charge in [-0.3, -0.25) is 4.57 Å². The second-order valence-electron chi connectivity index (χ2n) is 4.13. The van der Waals surface area contributed by atoms with Gasteiger partial charge in [0.25, 0.3) is 0 Å². The summed E-state index contributed by atoms with van der Waals surface area (Å²) in [5, 5.41) is 9.79. The van der Waals surface area contributed by atoms with E-state index in [0.717, 1.165) is 0 Å². The Kier molecular flexibility index (Phi) is 4.84. The number of nitrogens with two attached hydrogens (primary N) is 1. The summed E-state index contributed by atoms with van der Waals surface area (Å²) in [7, 11) is -2.77. The van der Waals surface area contributed by atoms with Gasteiger partial charge in [-0.25, -0.2) is 4.79 Å². The number of aliphatic hydroxyl groups is 1. The van der Waals surface area contributed by atoms with Gasteiger partial charge in [0.15, 0.2) is 0 Å². The number of aliphatic hydroxyl groups excluding tert-OH is 1. The van der Waals surface area contributed by atoms with E-state index in [4.69, 9.17) is 15.4 Å². The Morgan fingerprint density at radius 1 is 1.70 bits per heavy atom. The molecule has 0 aromatic carbocycles. The quantitative estimate of drug-likeness (QED) is 0.626. The molecule has 1 unspecified atom stereocenters. The van der Waals surface area contributed by atoms with E-state index in [1.807, 2.05) is 0 Å². The van der Waals surface area contributed by atoms with Crippen LogP contribution in [0.1, 0.15) is 12.6 Å². The van der Waals surface area contributed by atoms with Crippen LogP contribution in [0, 0.1) is 0 Å². The molecule has 11 heteroatoms. The molecule has 0 amide bonds. The predicted octanol–water partition coefficient (Wildman–Crippen LogP) is -0.0973. The number of nitrogen functional groups attached to an aromatic ring is 1. The van der Waals surface area contributed by atoms with Crippen LogP contribution >= 0.6 is 24.2 Å². The van der Waals surface area contributed by atoms with Gasteiger partial charge in [-0.2, -0.15) is 4.98 Å². The van der Waals surface area contributed by atoms with Crippen molar-refractivity contribution in [2.75, 3.05) is 12.3 Å². The molecule has 0 bridgehead atoms. The molecule has 4 N–H and O–H groups in total. The number of anilines is 1. The van der Waals surface area contributed by atoms with Crippen LogP contribution in [-0.4, -0.2) is 38.4 Å². The first-order valence-corrected chi connectivity index (χ1v) is 7.47. The maximum Gasteiger partial charge on any atom is 0.694 e. The molecule has 1 fully saturated rings. The zero-order chi connectivity index (χ0) is 14.9. The van der Waals surface area contributed by atoms with Crippen molar-refractivity contribution in [1.82, 2.24) is 9.55 Å². The Morgan fingerprint density at radius 3 is 3.05 bits per heavy atom. The summed E-state index contributed by atoms with van der Waals surface area (Å²) in [5.74, 6) is 0.0574. The third-order valence-corrected chi connectivity index (χ3v) is 3.78. The zero-order valence-corrected chi connectivity index (χ0v) is 12.5. The summed E-state index contributed by atoms with van der Waals surface area (Å²) in [4.78, 5) is 23.9. The van der Waals surface area contributed by atoms with Crippen LogP contribution in [0.3, 0.4) is 0 Å². The van der Waals surface area contributed by atoms with E-state index < -0.39 is 32.4 Å². The maximum absolute atomic E-state index is 11.7. The molecule has 1 aliphatic heterocycles. The topological polar surface area (TPSA) is 137 Å². The standard InChI is InChI=1S/C9H11BrN3O6P/c10-4-2-13(9(15)12-8(4)11)7-1-5(14)6(19-7)3-18-20(16)17/h2,5-7,14H,1,3H2,(H2-,11,12,15,16,17)/p+1/t5-,6+,7+/m0/s1. The highest BCUT2D eigenvalue weighted by atomic mass is 79.9. The first kappa shape index (κ1) is 15.5. The van der Waals surface area contributed by atoms with Crippen molar-refractivity contribution < 1.29 is 23.8 Å². The number of aromatic nitrogens is 2. The average Bonchev–Trinajstić information content (AvgIpc) is 2.72. The first-order chi connectivity index (χ1) is 9.38. The van der Waals surface area contributed by atoms with E-state index in [-0.39, 0.29) is 18.8 Å². The van der Waals surface area contributed by atoms with Gasteiger partial charge in [0.2, 0.25) is 0 Å². The van der Waals surface area contributed by atoms with Crippen molar-refractivity contribution in [3.8, 4) is 0 Å². The predicted molar refractivity (Wildman–Crippen MR) is 70.9 cm³/mol. The highest BCUT2D eigenvalue weighted by molar-refractivity contribution is 9.10. The highest BCUT2D eigenvalue weighted by Crippen LogP contribution is 2.30. The molecule has 4 atom stereocenters. The van der Waals surface area contributed by atoms with Crippen LogP contribution in [0.5, 0.6) is 0 Å². The van der Waals surface area contributed by atoms with Gasteiger partial charge in [0, 0.05) is 17.2 Å². The second-order valence-corrected chi connectivity index (χ2v) is 5.72. The molecule has 1 aliphatic rings. The lowest BCUT2D eigenvalue weighted by molar-refractivity contribution is -0.0412. The number of ether oxygens (including phenoxy) is 1. The van der Waals surface area contributed by atoms with E-state index >= 15 is 0 Å². The van der Waals surface area contributed by atoms with Gasteiger partial charge in [-0.1, -0.05) is 0 Å². The summed E-state index contributed by atoms with van der Waals surface area (Å²) in [6, 6.07) is 0. The fraction of sp³-hybridized carbons (Fsp3) is 0.556. The first-order valence-electron chi connectivity index (χ1n) is 5.55. The van der Waals surface area contributed by atoms with Crippen LogP contribution in [0.4, 0.5) is 5.82 Å². The number of halogens is 1. The molecule has 0 spiro atoms. The minimum Gasteiger partial charge on any atom is -0.390 e. The van der Waals surface area contributed by atoms with Crippen molar-refractivity contribution in [2.24, 2.45) is 0 Å². The molecule has 20 heavy (non-hydrogen) atoms. The van der Waals surface area contributed by atoms with Crippen LogP contribution in [0.25, 0.3) is 0 Å². The summed E-state index contributed by atoms with van der Waals surface area (Å²) in [6.45, 7) is -0.248. The maximum atomic E-state index is 11.7. The largest absolute Gasteiger partial charge is 0.694 e. The highest BCUT2D eigenvalue weighted by Gasteiger charge is 2.37.